The molecule has 0 unspecified atom stereocenters. The van der Waals surface area contributed by atoms with E-state index in [1.165, 1.54) is 37.7 Å². The highest BCUT2D eigenvalue weighted by molar-refractivity contribution is 6.31. The van der Waals surface area contributed by atoms with Gasteiger partial charge in [0.2, 0.25) is 0 Å². The smallest absolute Gasteiger partial charge is 0.262 e. The zero-order valence-electron chi connectivity index (χ0n) is 13.5. The van der Waals surface area contributed by atoms with Gasteiger partial charge in [-0.25, -0.2) is 9.37 Å². The van der Waals surface area contributed by atoms with Crippen LogP contribution in [0.1, 0.15) is 0 Å². The number of carbonyl (C=O) groups is 1. The molecule has 0 spiro atoms. The second-order valence-corrected chi connectivity index (χ2v) is 5.62. The van der Waals surface area contributed by atoms with E-state index in [1.54, 1.807) is 0 Å². The highest BCUT2D eigenvalue weighted by Gasteiger charge is 2.12. The molecule has 9 heteroatoms. The maximum Gasteiger partial charge on any atom is 0.262 e. The average molecular weight is 378 g/mol. The Morgan fingerprint density at radius 2 is 2.12 bits per heavy atom. The van der Waals surface area contributed by atoms with E-state index in [1.807, 2.05) is 0 Å². The number of H-pyrrole nitrogens is 1. The normalized spacial score (nSPS) is 10.6. The van der Waals surface area contributed by atoms with Gasteiger partial charge in [-0.15, -0.1) is 0 Å². The molecule has 3 aromatic rings. The minimum Gasteiger partial charge on any atom is -0.493 e. The minimum absolute atomic E-state index is 0.105. The number of benzene rings is 2. The number of halogens is 2. The van der Waals surface area contributed by atoms with Crippen LogP contribution >= 0.6 is 11.6 Å². The molecule has 0 aliphatic carbocycles. The standard InChI is InChI=1S/C17H13ClFN3O4/c1-25-14-6-13-10(17(24)21-8-20-13)5-15(14)26-7-16(23)22-9-2-3-12(19)11(18)4-9/h2-6,8H,7H2,1H3,(H,22,23)(H,20,21,24). The fourth-order valence-electron chi connectivity index (χ4n) is 2.26. The predicted molar refractivity (Wildman–Crippen MR) is 94.5 cm³/mol. The van der Waals surface area contributed by atoms with Crippen LogP contribution in [-0.4, -0.2) is 29.6 Å². The molecular formula is C17H13ClFN3O4. The summed E-state index contributed by atoms with van der Waals surface area (Å²) in [5, 5.41) is 2.73. The number of aromatic amines is 1. The quantitative estimate of drug-likeness (QED) is 0.713. The Labute approximate surface area is 151 Å². The van der Waals surface area contributed by atoms with E-state index in [2.05, 4.69) is 15.3 Å². The molecule has 3 rings (SSSR count). The first kappa shape index (κ1) is 17.7. The van der Waals surface area contributed by atoms with Crippen molar-refractivity contribution in [1.29, 1.82) is 0 Å². The topological polar surface area (TPSA) is 93.3 Å². The van der Waals surface area contributed by atoms with Crippen LogP contribution in [-0.2, 0) is 4.79 Å². The second kappa shape index (κ2) is 7.40. The number of anilines is 1. The van der Waals surface area contributed by atoms with Crippen LogP contribution in [0.4, 0.5) is 10.1 Å². The van der Waals surface area contributed by atoms with Crippen molar-refractivity contribution < 1.29 is 18.7 Å². The molecule has 0 radical (unpaired) electrons. The van der Waals surface area contributed by atoms with Crippen molar-refractivity contribution in [1.82, 2.24) is 9.97 Å². The molecule has 0 bridgehead atoms. The molecule has 0 atom stereocenters. The number of hydrogen-bond donors (Lipinski definition) is 2. The molecule has 0 fully saturated rings. The van der Waals surface area contributed by atoms with Gasteiger partial charge in [0, 0.05) is 11.8 Å². The summed E-state index contributed by atoms with van der Waals surface area (Å²) in [7, 11) is 1.43. The summed E-state index contributed by atoms with van der Waals surface area (Å²) in [6.07, 6.45) is 1.28. The molecule has 26 heavy (non-hydrogen) atoms. The molecular weight excluding hydrogens is 365 g/mol. The number of ether oxygens (including phenoxy) is 2. The van der Waals surface area contributed by atoms with Crippen molar-refractivity contribution in [2.75, 3.05) is 19.0 Å². The Kier molecular flexibility index (Phi) is 5.04. The van der Waals surface area contributed by atoms with E-state index in [0.29, 0.717) is 22.3 Å². The van der Waals surface area contributed by atoms with Crippen molar-refractivity contribution in [2.24, 2.45) is 0 Å². The number of carbonyl (C=O) groups excluding carboxylic acids is 1. The molecule has 7 nitrogen and oxygen atoms in total. The van der Waals surface area contributed by atoms with E-state index in [-0.39, 0.29) is 22.9 Å². The number of amides is 1. The van der Waals surface area contributed by atoms with Gasteiger partial charge in [-0.05, 0) is 24.3 Å². The number of nitrogens with one attached hydrogen (secondary N) is 2. The molecule has 1 amide bonds. The first-order chi connectivity index (χ1) is 12.5. The lowest BCUT2D eigenvalue weighted by molar-refractivity contribution is -0.118. The third kappa shape index (κ3) is 3.75. The van der Waals surface area contributed by atoms with E-state index in [4.69, 9.17) is 21.1 Å². The van der Waals surface area contributed by atoms with Crippen molar-refractivity contribution in [3.8, 4) is 11.5 Å². The first-order valence-corrected chi connectivity index (χ1v) is 7.79. The summed E-state index contributed by atoms with van der Waals surface area (Å²) in [5.74, 6) is -0.533. The highest BCUT2D eigenvalue weighted by atomic mass is 35.5. The number of aromatic nitrogens is 2. The number of fused-ring (bicyclic) bond motifs is 1. The van der Waals surface area contributed by atoms with E-state index in [9.17, 15) is 14.0 Å². The van der Waals surface area contributed by atoms with Crippen molar-refractivity contribution >= 4 is 34.1 Å². The predicted octanol–water partition coefficient (Wildman–Crippen LogP) is 2.74. The van der Waals surface area contributed by atoms with Gasteiger partial charge in [-0.3, -0.25) is 9.59 Å². The highest BCUT2D eigenvalue weighted by Crippen LogP contribution is 2.30. The van der Waals surface area contributed by atoms with Crippen molar-refractivity contribution in [2.45, 2.75) is 0 Å². The molecule has 2 N–H and O–H groups in total. The van der Waals surface area contributed by atoms with Gasteiger partial charge >= 0.3 is 0 Å². The maximum atomic E-state index is 13.1. The molecule has 0 aliphatic rings. The molecule has 2 aromatic carbocycles. The fourth-order valence-corrected chi connectivity index (χ4v) is 2.44. The molecule has 1 aromatic heterocycles. The molecule has 0 aliphatic heterocycles. The van der Waals surface area contributed by atoms with Gasteiger partial charge in [-0.1, -0.05) is 11.6 Å². The van der Waals surface area contributed by atoms with Crippen LogP contribution < -0.4 is 20.3 Å². The van der Waals surface area contributed by atoms with E-state index in [0.717, 1.165) is 6.07 Å². The SMILES string of the molecule is COc1cc2nc[nH]c(=O)c2cc1OCC(=O)Nc1ccc(F)c(Cl)c1. The Morgan fingerprint density at radius 3 is 2.85 bits per heavy atom. The lowest BCUT2D eigenvalue weighted by Gasteiger charge is -2.12. The van der Waals surface area contributed by atoms with E-state index >= 15 is 0 Å². The number of hydrogen-bond acceptors (Lipinski definition) is 5. The van der Waals surface area contributed by atoms with Crippen LogP contribution in [0.5, 0.6) is 11.5 Å². The monoisotopic (exact) mass is 377 g/mol. The lowest BCUT2D eigenvalue weighted by atomic mass is 10.2. The Bertz CT molecular complexity index is 1040. The number of methoxy groups -OCH3 is 1. The average Bonchev–Trinajstić information content (AvgIpc) is 2.63. The first-order valence-electron chi connectivity index (χ1n) is 7.41. The largest absolute Gasteiger partial charge is 0.493 e. The zero-order valence-corrected chi connectivity index (χ0v) is 14.3. The van der Waals surface area contributed by atoms with Gasteiger partial charge < -0.3 is 19.8 Å². The van der Waals surface area contributed by atoms with Crippen LogP contribution in [0.15, 0.2) is 41.5 Å². The van der Waals surface area contributed by atoms with Crippen molar-refractivity contribution in [3.05, 3.63) is 57.9 Å². The summed E-state index contributed by atoms with van der Waals surface area (Å²) in [6, 6.07) is 6.79. The molecule has 0 saturated carbocycles. The van der Waals surface area contributed by atoms with E-state index < -0.39 is 11.7 Å². The Hall–Kier alpha value is -3.13. The summed E-state index contributed by atoms with van der Waals surface area (Å²) >= 11 is 5.67. The summed E-state index contributed by atoms with van der Waals surface area (Å²) in [4.78, 5) is 30.4. The Balaban J connectivity index is 1.76. The van der Waals surface area contributed by atoms with Crippen LogP contribution in [0.2, 0.25) is 5.02 Å². The fraction of sp³-hybridized carbons (Fsp3) is 0.118. The second-order valence-electron chi connectivity index (χ2n) is 5.22. The zero-order chi connectivity index (χ0) is 18.7. The van der Waals surface area contributed by atoms with Gasteiger partial charge in [0.1, 0.15) is 5.82 Å². The summed E-state index contributed by atoms with van der Waals surface area (Å²) < 4.78 is 23.8. The Morgan fingerprint density at radius 1 is 1.31 bits per heavy atom. The molecule has 0 saturated heterocycles. The van der Waals surface area contributed by atoms with Crippen LogP contribution in [0.25, 0.3) is 10.9 Å². The molecule has 134 valence electrons. The third-order valence-electron chi connectivity index (χ3n) is 3.49. The number of rotatable bonds is 5. The minimum atomic E-state index is -0.583. The summed E-state index contributed by atoms with van der Waals surface area (Å²) in [6.45, 7) is -0.352. The lowest BCUT2D eigenvalue weighted by Crippen LogP contribution is -2.20. The van der Waals surface area contributed by atoms with Gasteiger partial charge in [0.25, 0.3) is 11.5 Å². The van der Waals surface area contributed by atoms with Crippen molar-refractivity contribution in [3.63, 3.8) is 0 Å². The van der Waals surface area contributed by atoms with Gasteiger partial charge in [0.15, 0.2) is 18.1 Å². The number of nitrogens with zero attached hydrogens (tertiary/aromatic N) is 1. The van der Waals surface area contributed by atoms with Gasteiger partial charge in [-0.2, -0.15) is 0 Å². The van der Waals surface area contributed by atoms with Crippen LogP contribution in [0.3, 0.4) is 0 Å². The third-order valence-corrected chi connectivity index (χ3v) is 3.78. The summed E-state index contributed by atoms with van der Waals surface area (Å²) in [5.41, 5.74) is 0.424. The van der Waals surface area contributed by atoms with Crippen LogP contribution in [0, 0.1) is 5.82 Å². The molecule has 1 heterocycles. The van der Waals surface area contributed by atoms with Gasteiger partial charge in [0.05, 0.1) is 29.4 Å². The maximum absolute atomic E-state index is 13.1.